The molecule has 0 unspecified atom stereocenters. The van der Waals surface area contributed by atoms with Gasteiger partial charge in [0.15, 0.2) is 0 Å². The summed E-state index contributed by atoms with van der Waals surface area (Å²) >= 11 is 0. The maximum Gasteiger partial charge on any atom is 0.0998 e. The molecule has 0 fully saturated rings. The molecular weight excluding hydrogens is 194 g/mol. The summed E-state index contributed by atoms with van der Waals surface area (Å²) in [6.45, 7) is 4.10. The van der Waals surface area contributed by atoms with E-state index in [0.29, 0.717) is 0 Å². The Labute approximate surface area is 96.0 Å². The summed E-state index contributed by atoms with van der Waals surface area (Å²) in [4.78, 5) is 0. The fraction of sp³-hybridized carbons (Fsp3) is 0.133. The predicted octanol–water partition coefficient (Wildman–Crippen LogP) is 3.84. The smallest absolute Gasteiger partial charge is 0.0998 e. The van der Waals surface area contributed by atoms with Crippen LogP contribution >= 0.6 is 0 Å². The standard InChI is InChI=1S/C15H13N/c1-11-6-8-13(9-7-11)15-12(2)4-3-5-14(15)10-16/h3-9H,1-2H3. The van der Waals surface area contributed by atoms with E-state index < -0.39 is 0 Å². The molecule has 0 N–H and O–H groups in total. The first-order chi connectivity index (χ1) is 7.72. The van der Waals surface area contributed by atoms with Crippen LogP contribution in [0.5, 0.6) is 0 Å². The quantitative estimate of drug-likeness (QED) is 0.697. The molecule has 0 radical (unpaired) electrons. The van der Waals surface area contributed by atoms with Crippen molar-refractivity contribution in [3.8, 4) is 17.2 Å². The second kappa shape index (κ2) is 4.20. The Morgan fingerprint density at radius 3 is 2.25 bits per heavy atom. The number of nitriles is 1. The van der Waals surface area contributed by atoms with E-state index in [9.17, 15) is 0 Å². The van der Waals surface area contributed by atoms with Gasteiger partial charge in [-0.05, 0) is 31.0 Å². The fourth-order valence-corrected chi connectivity index (χ4v) is 1.86. The lowest BCUT2D eigenvalue weighted by Crippen LogP contribution is -1.88. The molecular formula is C15H13N. The zero-order valence-electron chi connectivity index (χ0n) is 9.49. The van der Waals surface area contributed by atoms with Crippen LogP contribution in [0, 0.1) is 25.2 Å². The van der Waals surface area contributed by atoms with Crippen LogP contribution in [0.25, 0.3) is 11.1 Å². The Balaban J connectivity index is 2.64. The van der Waals surface area contributed by atoms with Crippen LogP contribution in [-0.4, -0.2) is 0 Å². The van der Waals surface area contributed by atoms with Gasteiger partial charge in [-0.3, -0.25) is 0 Å². The second-order valence-electron chi connectivity index (χ2n) is 3.98. The van der Waals surface area contributed by atoms with Gasteiger partial charge in [-0.1, -0.05) is 42.0 Å². The van der Waals surface area contributed by atoms with Crippen molar-refractivity contribution in [2.24, 2.45) is 0 Å². The highest BCUT2D eigenvalue weighted by atomic mass is 14.2. The van der Waals surface area contributed by atoms with Crippen LogP contribution in [0.4, 0.5) is 0 Å². The molecule has 0 aromatic heterocycles. The maximum atomic E-state index is 9.11. The summed E-state index contributed by atoms with van der Waals surface area (Å²) in [5, 5.41) is 9.11. The zero-order valence-corrected chi connectivity index (χ0v) is 9.49. The molecule has 16 heavy (non-hydrogen) atoms. The molecule has 0 spiro atoms. The van der Waals surface area contributed by atoms with Gasteiger partial charge in [-0.25, -0.2) is 0 Å². The number of aryl methyl sites for hydroxylation is 2. The monoisotopic (exact) mass is 207 g/mol. The van der Waals surface area contributed by atoms with Crippen LogP contribution in [0.1, 0.15) is 16.7 Å². The highest BCUT2D eigenvalue weighted by Crippen LogP contribution is 2.27. The normalized spacial score (nSPS) is 9.81. The molecule has 0 heterocycles. The van der Waals surface area contributed by atoms with E-state index in [-0.39, 0.29) is 0 Å². The van der Waals surface area contributed by atoms with Gasteiger partial charge in [-0.15, -0.1) is 0 Å². The van der Waals surface area contributed by atoms with Crippen molar-refractivity contribution in [1.82, 2.24) is 0 Å². The Kier molecular flexibility index (Phi) is 2.74. The maximum absolute atomic E-state index is 9.11. The molecule has 1 nitrogen and oxygen atoms in total. The molecule has 0 bridgehead atoms. The van der Waals surface area contributed by atoms with Crippen molar-refractivity contribution in [3.05, 3.63) is 59.2 Å². The molecule has 0 saturated carbocycles. The molecule has 0 atom stereocenters. The lowest BCUT2D eigenvalue weighted by molar-refractivity contribution is 1.40. The molecule has 0 saturated heterocycles. The minimum atomic E-state index is 0.740. The SMILES string of the molecule is Cc1ccc(-c2c(C)cccc2C#N)cc1. The van der Waals surface area contributed by atoms with Gasteiger partial charge in [0.2, 0.25) is 0 Å². The average molecular weight is 207 g/mol. The van der Waals surface area contributed by atoms with Crippen LogP contribution in [0.3, 0.4) is 0 Å². The zero-order chi connectivity index (χ0) is 11.5. The number of rotatable bonds is 1. The van der Waals surface area contributed by atoms with Crippen LogP contribution in [-0.2, 0) is 0 Å². The van der Waals surface area contributed by atoms with E-state index in [1.807, 2.05) is 25.1 Å². The summed E-state index contributed by atoms with van der Waals surface area (Å²) < 4.78 is 0. The molecule has 2 aromatic rings. The van der Waals surface area contributed by atoms with Crippen LogP contribution < -0.4 is 0 Å². The number of nitrogens with zero attached hydrogens (tertiary/aromatic N) is 1. The Bertz CT molecular complexity index is 545. The average Bonchev–Trinajstić information content (AvgIpc) is 2.30. The number of hydrogen-bond donors (Lipinski definition) is 0. The summed E-state index contributed by atoms with van der Waals surface area (Å²) in [6, 6.07) is 16.4. The Morgan fingerprint density at radius 2 is 1.62 bits per heavy atom. The molecule has 0 aliphatic heterocycles. The fourth-order valence-electron chi connectivity index (χ4n) is 1.86. The van der Waals surface area contributed by atoms with Crippen molar-refractivity contribution >= 4 is 0 Å². The highest BCUT2D eigenvalue weighted by molar-refractivity contribution is 5.73. The molecule has 2 rings (SSSR count). The first-order valence-corrected chi connectivity index (χ1v) is 5.29. The summed E-state index contributed by atoms with van der Waals surface area (Å²) in [5.74, 6) is 0. The van der Waals surface area contributed by atoms with Gasteiger partial charge in [0, 0.05) is 5.56 Å². The van der Waals surface area contributed by atoms with Crippen molar-refractivity contribution in [2.45, 2.75) is 13.8 Å². The van der Waals surface area contributed by atoms with E-state index in [0.717, 1.165) is 22.3 Å². The first-order valence-electron chi connectivity index (χ1n) is 5.29. The Morgan fingerprint density at radius 1 is 0.938 bits per heavy atom. The summed E-state index contributed by atoms with van der Waals surface area (Å²) in [6.07, 6.45) is 0. The lowest BCUT2D eigenvalue weighted by atomic mass is 9.95. The van der Waals surface area contributed by atoms with Crippen molar-refractivity contribution in [1.29, 1.82) is 5.26 Å². The summed E-state index contributed by atoms with van der Waals surface area (Å²) in [7, 11) is 0. The van der Waals surface area contributed by atoms with Gasteiger partial charge < -0.3 is 0 Å². The topological polar surface area (TPSA) is 23.8 Å². The summed E-state index contributed by atoms with van der Waals surface area (Å²) in [5.41, 5.74) is 5.27. The molecule has 2 aromatic carbocycles. The molecule has 0 aliphatic carbocycles. The third-order valence-corrected chi connectivity index (χ3v) is 2.73. The largest absolute Gasteiger partial charge is 0.192 e. The molecule has 78 valence electrons. The van der Waals surface area contributed by atoms with Gasteiger partial charge in [0.25, 0.3) is 0 Å². The lowest BCUT2D eigenvalue weighted by Gasteiger charge is -2.08. The number of hydrogen-bond acceptors (Lipinski definition) is 1. The van der Waals surface area contributed by atoms with E-state index in [2.05, 4.69) is 37.3 Å². The molecule has 1 heteroatoms. The molecule has 0 amide bonds. The first kappa shape index (κ1) is 10.4. The van der Waals surface area contributed by atoms with E-state index in [1.54, 1.807) is 0 Å². The molecule has 0 aliphatic rings. The van der Waals surface area contributed by atoms with E-state index >= 15 is 0 Å². The minimum Gasteiger partial charge on any atom is -0.192 e. The van der Waals surface area contributed by atoms with Crippen molar-refractivity contribution in [3.63, 3.8) is 0 Å². The van der Waals surface area contributed by atoms with E-state index in [1.165, 1.54) is 5.56 Å². The number of benzene rings is 2. The minimum absolute atomic E-state index is 0.740. The third kappa shape index (κ3) is 1.83. The van der Waals surface area contributed by atoms with Crippen molar-refractivity contribution < 1.29 is 0 Å². The predicted molar refractivity (Wildman–Crippen MR) is 66.1 cm³/mol. The van der Waals surface area contributed by atoms with Crippen LogP contribution in [0.15, 0.2) is 42.5 Å². The van der Waals surface area contributed by atoms with Gasteiger partial charge in [0.05, 0.1) is 11.6 Å². The second-order valence-corrected chi connectivity index (χ2v) is 3.98. The van der Waals surface area contributed by atoms with Gasteiger partial charge in [-0.2, -0.15) is 5.26 Å². The van der Waals surface area contributed by atoms with Gasteiger partial charge in [0.1, 0.15) is 0 Å². The third-order valence-electron chi connectivity index (χ3n) is 2.73. The van der Waals surface area contributed by atoms with E-state index in [4.69, 9.17) is 5.26 Å². The van der Waals surface area contributed by atoms with Crippen LogP contribution in [0.2, 0.25) is 0 Å². The van der Waals surface area contributed by atoms with Gasteiger partial charge >= 0.3 is 0 Å². The van der Waals surface area contributed by atoms with Crippen molar-refractivity contribution in [2.75, 3.05) is 0 Å². The Hall–Kier alpha value is -2.07. The highest BCUT2D eigenvalue weighted by Gasteiger charge is 2.06.